The maximum Gasteiger partial charge on any atom is 0.0346 e. The van der Waals surface area contributed by atoms with Crippen molar-refractivity contribution < 1.29 is 0 Å². The van der Waals surface area contributed by atoms with E-state index >= 15 is 0 Å². The van der Waals surface area contributed by atoms with Crippen molar-refractivity contribution in [1.82, 2.24) is 10.6 Å². The molecule has 2 nitrogen and oxygen atoms in total. The lowest BCUT2D eigenvalue weighted by molar-refractivity contribution is 0.766. The molecule has 0 radical (unpaired) electrons. The van der Waals surface area contributed by atoms with Gasteiger partial charge in [0, 0.05) is 18.6 Å². The first kappa shape index (κ1) is 5.06. The van der Waals surface area contributed by atoms with Crippen LogP contribution >= 0.6 is 0 Å². The van der Waals surface area contributed by atoms with Crippen LogP contribution in [0.25, 0.3) is 0 Å². The molecule has 1 saturated heterocycles. The SMILES string of the molecule is CNCC1N[C@@H]1C. The van der Waals surface area contributed by atoms with Crippen molar-refractivity contribution in [3.8, 4) is 0 Å². The molecule has 7 heavy (non-hydrogen) atoms. The van der Waals surface area contributed by atoms with Crippen molar-refractivity contribution >= 4 is 0 Å². The number of rotatable bonds is 2. The molecule has 0 aliphatic carbocycles. The van der Waals surface area contributed by atoms with Crippen LogP contribution in [0, 0.1) is 0 Å². The zero-order valence-electron chi connectivity index (χ0n) is 4.86. The lowest BCUT2D eigenvalue weighted by Gasteiger charge is -1.88. The Labute approximate surface area is 44.3 Å². The van der Waals surface area contributed by atoms with Gasteiger partial charge in [-0.2, -0.15) is 0 Å². The standard InChI is InChI=1S/C5H12N2/c1-4-5(7-4)3-6-2/h4-7H,3H2,1-2H3/t4-,5?/m1/s1. The minimum Gasteiger partial charge on any atom is -0.318 e. The Balaban J connectivity index is 1.98. The zero-order valence-corrected chi connectivity index (χ0v) is 4.86. The molecule has 0 saturated carbocycles. The molecule has 2 atom stereocenters. The van der Waals surface area contributed by atoms with Gasteiger partial charge in [-0.3, -0.25) is 0 Å². The molecule has 1 fully saturated rings. The molecule has 0 aromatic carbocycles. The first-order valence-electron chi connectivity index (χ1n) is 2.75. The smallest absolute Gasteiger partial charge is 0.0346 e. The van der Waals surface area contributed by atoms with E-state index in [9.17, 15) is 0 Å². The number of likely N-dealkylation sites (N-methyl/N-ethyl adjacent to an activating group) is 1. The average molecular weight is 100 g/mol. The van der Waals surface area contributed by atoms with Crippen molar-refractivity contribution in [2.45, 2.75) is 19.0 Å². The van der Waals surface area contributed by atoms with E-state index in [1.54, 1.807) is 0 Å². The van der Waals surface area contributed by atoms with Gasteiger partial charge in [0.1, 0.15) is 0 Å². The zero-order chi connectivity index (χ0) is 5.28. The molecule has 0 aromatic heterocycles. The first-order valence-corrected chi connectivity index (χ1v) is 2.75. The van der Waals surface area contributed by atoms with Crippen LogP contribution in [-0.4, -0.2) is 25.7 Å². The number of hydrogen-bond acceptors (Lipinski definition) is 2. The average Bonchev–Trinajstić information content (AvgIpc) is 2.22. The van der Waals surface area contributed by atoms with Gasteiger partial charge in [-0.25, -0.2) is 0 Å². The molecule has 2 heteroatoms. The predicted molar refractivity (Wildman–Crippen MR) is 30.3 cm³/mol. The minimum atomic E-state index is 0.755. The normalized spacial score (nSPS) is 38.6. The molecule has 0 bridgehead atoms. The van der Waals surface area contributed by atoms with Gasteiger partial charge in [-0.15, -0.1) is 0 Å². The number of hydrogen-bond donors (Lipinski definition) is 2. The number of nitrogens with one attached hydrogen (secondary N) is 2. The van der Waals surface area contributed by atoms with E-state index < -0.39 is 0 Å². The Kier molecular flexibility index (Phi) is 1.30. The van der Waals surface area contributed by atoms with Crippen LogP contribution in [0.3, 0.4) is 0 Å². The molecule has 1 unspecified atom stereocenters. The molecular formula is C5H12N2. The third-order valence-electron chi connectivity index (χ3n) is 1.40. The second-order valence-corrected chi connectivity index (χ2v) is 2.12. The van der Waals surface area contributed by atoms with Gasteiger partial charge < -0.3 is 10.6 Å². The Morgan fingerprint density at radius 1 is 1.71 bits per heavy atom. The maximum atomic E-state index is 3.27. The lowest BCUT2D eigenvalue weighted by Crippen LogP contribution is -2.15. The van der Waals surface area contributed by atoms with Crippen molar-refractivity contribution in [2.24, 2.45) is 0 Å². The summed E-state index contributed by atoms with van der Waals surface area (Å²) in [5.74, 6) is 0. The summed E-state index contributed by atoms with van der Waals surface area (Å²) >= 11 is 0. The quantitative estimate of drug-likeness (QED) is 0.461. The summed E-state index contributed by atoms with van der Waals surface area (Å²) in [7, 11) is 1.98. The Morgan fingerprint density at radius 2 is 2.29 bits per heavy atom. The van der Waals surface area contributed by atoms with E-state index in [4.69, 9.17) is 0 Å². The van der Waals surface area contributed by atoms with Crippen LogP contribution in [0.1, 0.15) is 6.92 Å². The summed E-state index contributed by atoms with van der Waals surface area (Å²) in [4.78, 5) is 0. The highest BCUT2D eigenvalue weighted by atomic mass is 15.2. The molecule has 1 aliphatic heterocycles. The Bertz CT molecular complexity index is 63.1. The molecule has 0 spiro atoms. The summed E-state index contributed by atoms with van der Waals surface area (Å²) < 4.78 is 0. The lowest BCUT2D eigenvalue weighted by atomic mass is 10.3. The summed E-state index contributed by atoms with van der Waals surface area (Å²) in [6, 6.07) is 1.51. The Hall–Kier alpha value is -0.0800. The third kappa shape index (κ3) is 1.14. The Morgan fingerprint density at radius 3 is 2.43 bits per heavy atom. The van der Waals surface area contributed by atoms with Crippen LogP contribution in [-0.2, 0) is 0 Å². The van der Waals surface area contributed by atoms with Crippen molar-refractivity contribution in [3.05, 3.63) is 0 Å². The summed E-state index contributed by atoms with van der Waals surface area (Å²) in [5.41, 5.74) is 0. The van der Waals surface area contributed by atoms with Crippen LogP contribution < -0.4 is 10.6 Å². The highest BCUT2D eigenvalue weighted by molar-refractivity contribution is 4.95. The van der Waals surface area contributed by atoms with Gasteiger partial charge in [0.25, 0.3) is 0 Å². The van der Waals surface area contributed by atoms with Crippen molar-refractivity contribution in [1.29, 1.82) is 0 Å². The summed E-state index contributed by atoms with van der Waals surface area (Å²) in [6.07, 6.45) is 0. The van der Waals surface area contributed by atoms with E-state index in [0.29, 0.717) is 0 Å². The fraction of sp³-hybridized carbons (Fsp3) is 1.00. The van der Waals surface area contributed by atoms with Crippen LogP contribution in [0.4, 0.5) is 0 Å². The molecule has 1 rings (SSSR count). The van der Waals surface area contributed by atoms with E-state index in [-0.39, 0.29) is 0 Å². The molecule has 42 valence electrons. The van der Waals surface area contributed by atoms with E-state index in [0.717, 1.165) is 18.6 Å². The van der Waals surface area contributed by atoms with Gasteiger partial charge in [-0.05, 0) is 14.0 Å². The van der Waals surface area contributed by atoms with E-state index in [1.807, 2.05) is 7.05 Å². The van der Waals surface area contributed by atoms with E-state index in [1.165, 1.54) is 0 Å². The summed E-state index contributed by atoms with van der Waals surface area (Å²) in [6.45, 7) is 3.31. The third-order valence-corrected chi connectivity index (χ3v) is 1.40. The summed E-state index contributed by atoms with van der Waals surface area (Å²) in [5, 5.41) is 6.37. The fourth-order valence-corrected chi connectivity index (χ4v) is 0.738. The van der Waals surface area contributed by atoms with Crippen LogP contribution in [0.15, 0.2) is 0 Å². The molecular weight excluding hydrogens is 88.1 g/mol. The van der Waals surface area contributed by atoms with Gasteiger partial charge in [0.2, 0.25) is 0 Å². The highest BCUT2D eigenvalue weighted by Crippen LogP contribution is 2.06. The predicted octanol–water partition coefficient (Wildman–Crippen LogP) is -0.434. The highest BCUT2D eigenvalue weighted by Gasteiger charge is 2.29. The topological polar surface area (TPSA) is 34.0 Å². The van der Waals surface area contributed by atoms with Gasteiger partial charge >= 0.3 is 0 Å². The largest absolute Gasteiger partial charge is 0.318 e. The molecule has 1 aliphatic rings. The molecule has 1 heterocycles. The van der Waals surface area contributed by atoms with Crippen molar-refractivity contribution in [2.75, 3.05) is 13.6 Å². The van der Waals surface area contributed by atoms with Crippen LogP contribution in [0.2, 0.25) is 0 Å². The molecule has 0 amide bonds. The first-order chi connectivity index (χ1) is 3.34. The van der Waals surface area contributed by atoms with Gasteiger partial charge in [-0.1, -0.05) is 0 Å². The second-order valence-electron chi connectivity index (χ2n) is 2.12. The van der Waals surface area contributed by atoms with Crippen LogP contribution in [0.5, 0.6) is 0 Å². The monoisotopic (exact) mass is 100 g/mol. The molecule has 0 aromatic rings. The second kappa shape index (κ2) is 1.80. The minimum absolute atomic E-state index is 0.755. The van der Waals surface area contributed by atoms with Gasteiger partial charge in [0.05, 0.1) is 0 Å². The maximum absolute atomic E-state index is 3.27. The molecule has 2 N–H and O–H groups in total. The fourth-order valence-electron chi connectivity index (χ4n) is 0.738. The van der Waals surface area contributed by atoms with Crippen molar-refractivity contribution in [3.63, 3.8) is 0 Å². The van der Waals surface area contributed by atoms with Gasteiger partial charge in [0.15, 0.2) is 0 Å². The van der Waals surface area contributed by atoms with E-state index in [2.05, 4.69) is 17.6 Å².